The molecule has 12 heteroatoms. The Labute approximate surface area is 198 Å². The third kappa shape index (κ3) is 9.22. The highest BCUT2D eigenvalue weighted by atomic mass is 16.6. The second-order valence-electron chi connectivity index (χ2n) is 7.22. The third-order valence-corrected chi connectivity index (χ3v) is 4.74. The molecule has 0 radical (unpaired) electrons. The van der Waals surface area contributed by atoms with E-state index in [-0.39, 0.29) is 36.0 Å². The first-order valence-corrected chi connectivity index (χ1v) is 11.0. The molecule has 0 spiro atoms. The second-order valence-corrected chi connectivity index (χ2v) is 7.22. The van der Waals surface area contributed by atoms with E-state index >= 15 is 0 Å². The van der Waals surface area contributed by atoms with E-state index in [0.717, 1.165) is 6.29 Å². The van der Waals surface area contributed by atoms with E-state index in [0.29, 0.717) is 32.2 Å². The third-order valence-electron chi connectivity index (χ3n) is 4.74. The number of ether oxygens (including phenoxy) is 4. The first kappa shape index (κ1) is 28.6. The van der Waals surface area contributed by atoms with Crippen LogP contribution in [0.15, 0.2) is 12.1 Å². The highest BCUT2D eigenvalue weighted by molar-refractivity contribution is 5.81. The Morgan fingerprint density at radius 2 is 1.97 bits per heavy atom. The zero-order valence-corrected chi connectivity index (χ0v) is 20.0. The quantitative estimate of drug-likeness (QED) is 0.118. The van der Waals surface area contributed by atoms with Crippen LogP contribution in [-0.4, -0.2) is 63.2 Å². The van der Waals surface area contributed by atoms with Crippen molar-refractivity contribution in [3.05, 3.63) is 27.8 Å². The lowest BCUT2D eigenvalue weighted by Gasteiger charge is -2.20. The minimum absolute atomic E-state index is 0.0834. The van der Waals surface area contributed by atoms with Gasteiger partial charge in [0.2, 0.25) is 0 Å². The summed E-state index contributed by atoms with van der Waals surface area (Å²) in [5, 5.41) is 17.1. The molecule has 0 aromatic heterocycles. The van der Waals surface area contributed by atoms with Gasteiger partial charge in [0, 0.05) is 6.42 Å². The summed E-state index contributed by atoms with van der Waals surface area (Å²) in [6, 6.07) is 1.63. The Hall–Kier alpha value is -3.41. The predicted octanol–water partition coefficient (Wildman–Crippen LogP) is 2.68. The molecule has 0 fully saturated rings. The van der Waals surface area contributed by atoms with E-state index in [1.54, 1.807) is 14.0 Å². The van der Waals surface area contributed by atoms with Gasteiger partial charge in [-0.2, -0.15) is 0 Å². The fourth-order valence-electron chi connectivity index (χ4n) is 3.04. The number of nitrogens with zero attached hydrogens (tertiary/aromatic N) is 1. The summed E-state index contributed by atoms with van der Waals surface area (Å²) in [7, 11) is 3.14. The molecule has 12 nitrogen and oxygen atoms in total. The molecule has 0 aliphatic heterocycles. The van der Waals surface area contributed by atoms with E-state index < -0.39 is 29.1 Å². The number of amides is 1. The zero-order valence-electron chi connectivity index (χ0n) is 20.0. The number of rotatable bonds is 16. The molecule has 0 bridgehead atoms. The van der Waals surface area contributed by atoms with E-state index in [1.165, 1.54) is 26.2 Å². The van der Waals surface area contributed by atoms with Gasteiger partial charge in [-0.1, -0.05) is 0 Å². The summed E-state index contributed by atoms with van der Waals surface area (Å²) in [4.78, 5) is 46.1. The molecule has 0 heterocycles. The van der Waals surface area contributed by atoms with Crippen molar-refractivity contribution in [1.82, 2.24) is 10.6 Å². The lowest BCUT2D eigenvalue weighted by Crippen LogP contribution is -2.42. The van der Waals surface area contributed by atoms with Gasteiger partial charge in [0.05, 0.1) is 36.9 Å². The average molecular weight is 484 g/mol. The summed E-state index contributed by atoms with van der Waals surface area (Å²) < 4.78 is 21.1. The summed E-state index contributed by atoms with van der Waals surface area (Å²) >= 11 is 0. The van der Waals surface area contributed by atoms with Gasteiger partial charge in [-0.15, -0.1) is 0 Å². The van der Waals surface area contributed by atoms with Gasteiger partial charge >= 0.3 is 12.1 Å². The number of nitrogens with one attached hydrogen (secondary N) is 2. The van der Waals surface area contributed by atoms with Crippen molar-refractivity contribution >= 4 is 24.0 Å². The molecule has 34 heavy (non-hydrogen) atoms. The Bertz CT molecular complexity index is 832. The number of aldehydes is 1. The van der Waals surface area contributed by atoms with E-state index in [9.17, 15) is 24.5 Å². The minimum atomic E-state index is -1.04. The molecule has 2 atom stereocenters. The molecule has 0 saturated heterocycles. The molecule has 1 rings (SSSR count). The maximum absolute atomic E-state index is 12.5. The SMILES string of the molecule is CCOC(=O)C(CCCNC)NC(=O)OC(C)c1cc(OC)c(OCCCC=O)cc1[N+](=O)[O-]. The first-order chi connectivity index (χ1) is 16.3. The first-order valence-electron chi connectivity index (χ1n) is 11.0. The zero-order chi connectivity index (χ0) is 25.5. The minimum Gasteiger partial charge on any atom is -0.493 e. The number of unbranched alkanes of at least 4 members (excludes halogenated alkanes) is 1. The van der Waals surface area contributed by atoms with Crippen LogP contribution in [-0.2, 0) is 19.1 Å². The van der Waals surface area contributed by atoms with Crippen molar-refractivity contribution in [2.24, 2.45) is 0 Å². The Morgan fingerprint density at radius 1 is 1.24 bits per heavy atom. The summed E-state index contributed by atoms with van der Waals surface area (Å²) in [5.74, 6) is -0.252. The number of esters is 1. The maximum Gasteiger partial charge on any atom is 0.408 e. The van der Waals surface area contributed by atoms with Crippen LogP contribution in [0.2, 0.25) is 0 Å². The van der Waals surface area contributed by atoms with E-state index in [1.807, 2.05) is 0 Å². The Balaban J connectivity index is 3.01. The van der Waals surface area contributed by atoms with Crippen molar-refractivity contribution in [2.75, 3.05) is 33.9 Å². The van der Waals surface area contributed by atoms with Crippen molar-refractivity contribution in [2.45, 2.75) is 51.7 Å². The number of alkyl carbamates (subject to hydrolysis) is 1. The van der Waals surface area contributed by atoms with Gasteiger partial charge in [0.15, 0.2) is 11.5 Å². The maximum atomic E-state index is 12.5. The topological polar surface area (TPSA) is 155 Å². The highest BCUT2D eigenvalue weighted by Crippen LogP contribution is 2.38. The van der Waals surface area contributed by atoms with Crippen LogP contribution in [0.4, 0.5) is 10.5 Å². The smallest absolute Gasteiger partial charge is 0.408 e. The lowest BCUT2D eigenvalue weighted by atomic mass is 10.1. The van der Waals surface area contributed by atoms with Crippen molar-refractivity contribution < 1.29 is 38.3 Å². The van der Waals surface area contributed by atoms with Gasteiger partial charge in [-0.25, -0.2) is 9.59 Å². The van der Waals surface area contributed by atoms with Gasteiger partial charge < -0.3 is 34.4 Å². The van der Waals surface area contributed by atoms with Crippen molar-refractivity contribution in [3.63, 3.8) is 0 Å². The van der Waals surface area contributed by atoms with Crippen LogP contribution < -0.4 is 20.1 Å². The molecule has 0 aliphatic carbocycles. The van der Waals surface area contributed by atoms with Gasteiger partial charge in [-0.3, -0.25) is 10.1 Å². The number of nitro benzene ring substituents is 1. The molecule has 0 saturated carbocycles. The second kappa shape index (κ2) is 15.4. The molecule has 1 aromatic carbocycles. The molecule has 190 valence electrons. The molecule has 1 amide bonds. The monoisotopic (exact) mass is 483 g/mol. The number of hydrogen-bond donors (Lipinski definition) is 2. The average Bonchev–Trinajstić information content (AvgIpc) is 2.80. The fourth-order valence-corrected chi connectivity index (χ4v) is 3.04. The van der Waals surface area contributed by atoms with Crippen LogP contribution >= 0.6 is 0 Å². The highest BCUT2D eigenvalue weighted by Gasteiger charge is 2.28. The summed E-state index contributed by atoms with van der Waals surface area (Å²) in [6.45, 7) is 4.09. The Morgan fingerprint density at radius 3 is 2.56 bits per heavy atom. The molecular formula is C22H33N3O9. The van der Waals surface area contributed by atoms with Crippen molar-refractivity contribution in [3.8, 4) is 11.5 Å². The molecule has 0 aliphatic rings. The Kier molecular flexibility index (Phi) is 13.0. The standard InChI is InChI=1S/C22H33N3O9/c1-5-32-21(27)17(9-8-10-23-3)24-22(28)34-15(2)16-13-19(31-4)20(14-18(16)25(29)30)33-12-7-6-11-26/h11,13-15,17,23H,5-10,12H2,1-4H3,(H,24,28). The van der Waals surface area contributed by atoms with E-state index in [2.05, 4.69) is 10.6 Å². The summed E-state index contributed by atoms with van der Waals surface area (Å²) in [5.41, 5.74) is -0.248. The predicted molar refractivity (Wildman–Crippen MR) is 122 cm³/mol. The van der Waals surface area contributed by atoms with Gasteiger partial charge in [-0.05, 0) is 52.8 Å². The molecule has 2 N–H and O–H groups in total. The number of carbonyl (C=O) groups is 3. The number of hydrogen-bond acceptors (Lipinski definition) is 10. The number of nitro groups is 1. The largest absolute Gasteiger partial charge is 0.493 e. The van der Waals surface area contributed by atoms with Gasteiger partial charge in [0.25, 0.3) is 5.69 Å². The number of carbonyl (C=O) groups excluding carboxylic acids is 3. The van der Waals surface area contributed by atoms with Crippen molar-refractivity contribution in [1.29, 1.82) is 0 Å². The fraction of sp³-hybridized carbons (Fsp3) is 0.591. The van der Waals surface area contributed by atoms with Crippen LogP contribution in [0, 0.1) is 10.1 Å². The molecule has 1 aromatic rings. The summed E-state index contributed by atoms with van der Waals surface area (Å²) in [6.07, 6.45) is 0.460. The normalized spacial score (nSPS) is 12.2. The molecule has 2 unspecified atom stereocenters. The number of benzene rings is 1. The van der Waals surface area contributed by atoms with Gasteiger partial charge in [0.1, 0.15) is 18.4 Å². The van der Waals surface area contributed by atoms with Crippen LogP contribution in [0.25, 0.3) is 0 Å². The van der Waals surface area contributed by atoms with Crippen LogP contribution in [0.1, 0.15) is 51.2 Å². The number of methoxy groups -OCH3 is 1. The van der Waals surface area contributed by atoms with Crippen LogP contribution in [0.3, 0.4) is 0 Å². The molecular weight excluding hydrogens is 450 g/mol. The van der Waals surface area contributed by atoms with E-state index in [4.69, 9.17) is 18.9 Å². The lowest BCUT2D eigenvalue weighted by molar-refractivity contribution is -0.386. The van der Waals surface area contributed by atoms with Crippen LogP contribution in [0.5, 0.6) is 11.5 Å².